The summed E-state index contributed by atoms with van der Waals surface area (Å²) in [5.74, 6) is 1.85. The van der Waals surface area contributed by atoms with E-state index in [0.29, 0.717) is 36.8 Å². The predicted octanol–water partition coefficient (Wildman–Crippen LogP) is 2.63. The lowest BCUT2D eigenvalue weighted by Gasteiger charge is -2.30. The summed E-state index contributed by atoms with van der Waals surface area (Å²) in [7, 11) is 0. The van der Waals surface area contributed by atoms with Crippen molar-refractivity contribution < 1.29 is 19.0 Å². The largest absolute Gasteiger partial charge is 0.486 e. The minimum absolute atomic E-state index is 0.0656. The number of carbonyl (C=O) groups is 1. The molecule has 0 N–H and O–H groups in total. The fourth-order valence-electron chi connectivity index (χ4n) is 2.67. The summed E-state index contributed by atoms with van der Waals surface area (Å²) >= 11 is 0. The zero-order valence-electron chi connectivity index (χ0n) is 14.6. The number of nitrogens with zero attached hydrogens (tertiary/aromatic N) is 2. The Kier molecular flexibility index (Phi) is 5.59. The third kappa shape index (κ3) is 4.25. The number of benzene rings is 2. The summed E-state index contributed by atoms with van der Waals surface area (Å²) < 4.78 is 17.1. The molecular weight excluding hydrogens is 332 g/mol. The average molecular weight is 352 g/mol. The van der Waals surface area contributed by atoms with Gasteiger partial charge in [0.25, 0.3) is 5.91 Å². The van der Waals surface area contributed by atoms with E-state index >= 15 is 0 Å². The molecule has 0 saturated carbocycles. The molecule has 26 heavy (non-hydrogen) atoms. The van der Waals surface area contributed by atoms with E-state index in [-0.39, 0.29) is 18.6 Å². The quantitative estimate of drug-likeness (QED) is 0.799. The molecule has 1 amide bonds. The minimum Gasteiger partial charge on any atom is -0.486 e. The fourth-order valence-corrected chi connectivity index (χ4v) is 2.67. The van der Waals surface area contributed by atoms with Gasteiger partial charge in [0.05, 0.1) is 18.2 Å². The molecule has 0 bridgehead atoms. The topological polar surface area (TPSA) is 71.8 Å². The summed E-state index contributed by atoms with van der Waals surface area (Å²) in [6, 6.07) is 16.2. The van der Waals surface area contributed by atoms with E-state index in [1.54, 1.807) is 29.2 Å². The Morgan fingerprint density at radius 3 is 2.65 bits per heavy atom. The number of fused-ring (bicyclic) bond motifs is 1. The van der Waals surface area contributed by atoms with E-state index in [1.807, 2.05) is 37.3 Å². The molecule has 6 nitrogen and oxygen atoms in total. The molecule has 0 aromatic heterocycles. The third-order valence-electron chi connectivity index (χ3n) is 4.07. The van der Waals surface area contributed by atoms with Crippen LogP contribution >= 0.6 is 0 Å². The summed E-state index contributed by atoms with van der Waals surface area (Å²) in [5, 5.41) is 8.79. The van der Waals surface area contributed by atoms with Crippen molar-refractivity contribution in [3.05, 3.63) is 54.1 Å². The highest BCUT2D eigenvalue weighted by atomic mass is 16.6. The van der Waals surface area contributed by atoms with Gasteiger partial charge < -0.3 is 19.1 Å². The highest BCUT2D eigenvalue weighted by molar-refractivity contribution is 5.77. The first-order valence-electron chi connectivity index (χ1n) is 8.49. The van der Waals surface area contributed by atoms with Crippen LogP contribution in [-0.4, -0.2) is 43.2 Å². The zero-order chi connectivity index (χ0) is 18.4. The van der Waals surface area contributed by atoms with E-state index in [4.69, 9.17) is 19.5 Å². The molecule has 1 aliphatic heterocycles. The Morgan fingerprint density at radius 1 is 1.23 bits per heavy atom. The molecule has 1 heterocycles. The lowest BCUT2D eigenvalue weighted by Crippen LogP contribution is -2.45. The van der Waals surface area contributed by atoms with Crippen LogP contribution in [0.1, 0.15) is 12.5 Å². The standard InChI is InChI=1S/C20H20N2O4/c1-2-22(12-17-13-25-18-5-3-4-6-19(18)26-17)20(23)14-24-16-9-7-15(11-21)8-10-16/h3-10,17H,2,12-14H2,1H3. The highest BCUT2D eigenvalue weighted by Crippen LogP contribution is 2.31. The average Bonchev–Trinajstić information content (AvgIpc) is 2.70. The molecular formula is C20H20N2O4. The van der Waals surface area contributed by atoms with Crippen LogP contribution < -0.4 is 14.2 Å². The van der Waals surface area contributed by atoms with Gasteiger partial charge in [0.1, 0.15) is 12.4 Å². The van der Waals surface area contributed by atoms with Crippen LogP contribution in [0.4, 0.5) is 0 Å². The van der Waals surface area contributed by atoms with Crippen LogP contribution in [0.15, 0.2) is 48.5 Å². The fraction of sp³-hybridized carbons (Fsp3) is 0.300. The number of hydrogen-bond acceptors (Lipinski definition) is 5. The van der Waals surface area contributed by atoms with Crippen molar-refractivity contribution in [2.24, 2.45) is 0 Å². The molecule has 0 saturated heterocycles. The number of amides is 1. The molecule has 3 rings (SSSR count). The Labute approximate surface area is 152 Å². The van der Waals surface area contributed by atoms with Crippen LogP contribution in [0.2, 0.25) is 0 Å². The number of carbonyl (C=O) groups excluding carboxylic acids is 1. The van der Waals surface area contributed by atoms with Crippen LogP contribution in [-0.2, 0) is 4.79 Å². The summed E-state index contributed by atoms with van der Waals surface area (Å²) in [6.45, 7) is 3.23. The maximum atomic E-state index is 12.4. The van der Waals surface area contributed by atoms with Gasteiger partial charge in [-0.1, -0.05) is 12.1 Å². The lowest BCUT2D eigenvalue weighted by molar-refractivity contribution is -0.134. The van der Waals surface area contributed by atoms with Crippen LogP contribution in [0.5, 0.6) is 17.2 Å². The van der Waals surface area contributed by atoms with Crippen molar-refractivity contribution in [2.75, 3.05) is 26.3 Å². The molecule has 0 aliphatic carbocycles. The maximum Gasteiger partial charge on any atom is 0.260 e. The summed E-state index contributed by atoms with van der Waals surface area (Å²) in [5.41, 5.74) is 0.550. The molecule has 0 fully saturated rings. The Balaban J connectivity index is 1.53. The lowest BCUT2D eigenvalue weighted by atomic mass is 10.2. The first kappa shape index (κ1) is 17.6. The van der Waals surface area contributed by atoms with E-state index < -0.39 is 0 Å². The Hall–Kier alpha value is -3.20. The number of para-hydroxylation sites is 2. The summed E-state index contributed by atoms with van der Waals surface area (Å²) in [4.78, 5) is 14.1. The molecule has 0 spiro atoms. The van der Waals surface area contributed by atoms with Gasteiger partial charge in [-0.3, -0.25) is 4.79 Å². The molecule has 2 aromatic rings. The summed E-state index contributed by atoms with van der Waals surface area (Å²) in [6.07, 6.45) is -0.219. The zero-order valence-corrected chi connectivity index (χ0v) is 14.6. The van der Waals surface area contributed by atoms with Gasteiger partial charge in [0, 0.05) is 6.54 Å². The van der Waals surface area contributed by atoms with Crippen molar-refractivity contribution >= 4 is 5.91 Å². The second-order valence-electron chi connectivity index (χ2n) is 5.85. The molecule has 1 aliphatic rings. The first-order chi connectivity index (χ1) is 12.7. The third-order valence-corrected chi connectivity index (χ3v) is 4.07. The first-order valence-corrected chi connectivity index (χ1v) is 8.49. The van der Waals surface area contributed by atoms with Gasteiger partial charge in [0.2, 0.25) is 0 Å². The van der Waals surface area contributed by atoms with Crippen molar-refractivity contribution in [3.63, 3.8) is 0 Å². The van der Waals surface area contributed by atoms with E-state index in [0.717, 1.165) is 5.75 Å². The number of rotatable bonds is 6. The number of likely N-dealkylation sites (N-methyl/N-ethyl adjacent to an activating group) is 1. The van der Waals surface area contributed by atoms with Crippen LogP contribution in [0.3, 0.4) is 0 Å². The van der Waals surface area contributed by atoms with Gasteiger partial charge in [-0.25, -0.2) is 0 Å². The van der Waals surface area contributed by atoms with E-state index in [9.17, 15) is 4.79 Å². The van der Waals surface area contributed by atoms with Gasteiger partial charge in [-0.05, 0) is 43.3 Å². The molecule has 1 unspecified atom stereocenters. The predicted molar refractivity (Wildman–Crippen MR) is 95.3 cm³/mol. The monoisotopic (exact) mass is 352 g/mol. The number of hydrogen-bond donors (Lipinski definition) is 0. The van der Waals surface area contributed by atoms with Gasteiger partial charge >= 0.3 is 0 Å². The van der Waals surface area contributed by atoms with Crippen molar-refractivity contribution in [3.8, 4) is 23.3 Å². The van der Waals surface area contributed by atoms with Crippen molar-refractivity contribution in [1.82, 2.24) is 4.90 Å². The number of ether oxygens (including phenoxy) is 3. The Bertz CT molecular complexity index is 798. The van der Waals surface area contributed by atoms with Crippen molar-refractivity contribution in [1.29, 1.82) is 5.26 Å². The molecule has 6 heteroatoms. The smallest absolute Gasteiger partial charge is 0.260 e. The van der Waals surface area contributed by atoms with Gasteiger partial charge in [-0.2, -0.15) is 5.26 Å². The number of nitriles is 1. The highest BCUT2D eigenvalue weighted by Gasteiger charge is 2.24. The van der Waals surface area contributed by atoms with Crippen LogP contribution in [0.25, 0.3) is 0 Å². The maximum absolute atomic E-state index is 12.4. The minimum atomic E-state index is -0.219. The SMILES string of the molecule is CCN(CC1COc2ccccc2O1)C(=O)COc1ccc(C#N)cc1. The van der Waals surface area contributed by atoms with Gasteiger partial charge in [-0.15, -0.1) is 0 Å². The molecule has 1 atom stereocenters. The second-order valence-corrected chi connectivity index (χ2v) is 5.85. The van der Waals surface area contributed by atoms with E-state index in [2.05, 4.69) is 0 Å². The second kappa shape index (κ2) is 8.26. The molecule has 0 radical (unpaired) electrons. The normalized spacial score (nSPS) is 15.0. The Morgan fingerprint density at radius 2 is 1.96 bits per heavy atom. The molecule has 134 valence electrons. The van der Waals surface area contributed by atoms with Crippen LogP contribution in [0, 0.1) is 11.3 Å². The van der Waals surface area contributed by atoms with E-state index in [1.165, 1.54) is 0 Å². The van der Waals surface area contributed by atoms with Gasteiger partial charge in [0.15, 0.2) is 24.2 Å². The molecule has 2 aromatic carbocycles. The van der Waals surface area contributed by atoms with Crippen molar-refractivity contribution in [2.45, 2.75) is 13.0 Å².